The first-order chi connectivity index (χ1) is 8.53. The third kappa shape index (κ3) is 1.35. The molecule has 0 bridgehead atoms. The molecule has 1 aliphatic heterocycles. The molecule has 1 heterocycles. The van der Waals surface area contributed by atoms with Crippen LogP contribution in [-0.2, 0) is 20.7 Å². The van der Waals surface area contributed by atoms with Gasteiger partial charge >= 0.3 is 5.97 Å². The van der Waals surface area contributed by atoms with Crippen molar-refractivity contribution in [2.75, 3.05) is 0 Å². The van der Waals surface area contributed by atoms with Crippen LogP contribution in [0.2, 0.25) is 0 Å². The molecule has 4 heteroatoms. The van der Waals surface area contributed by atoms with Crippen LogP contribution in [0.25, 0.3) is 0 Å². The van der Waals surface area contributed by atoms with E-state index in [4.69, 9.17) is 4.74 Å². The normalized spacial score (nSPS) is 26.4. The van der Waals surface area contributed by atoms with Crippen LogP contribution in [0.1, 0.15) is 34.3 Å². The largest absolute Gasteiger partial charge is 0.442 e. The van der Waals surface area contributed by atoms with Crippen molar-refractivity contribution in [3.8, 4) is 0 Å². The van der Waals surface area contributed by atoms with Crippen LogP contribution >= 0.6 is 0 Å². The zero-order valence-corrected chi connectivity index (χ0v) is 9.99. The van der Waals surface area contributed by atoms with Crippen molar-refractivity contribution < 1.29 is 19.1 Å². The summed E-state index contributed by atoms with van der Waals surface area (Å²) in [5.74, 6) is -1.10. The Kier molecular flexibility index (Phi) is 2.17. The van der Waals surface area contributed by atoms with Crippen LogP contribution in [0.3, 0.4) is 0 Å². The summed E-state index contributed by atoms with van der Waals surface area (Å²) in [6.07, 6.45) is 0.354. The lowest BCUT2D eigenvalue weighted by atomic mass is 9.88. The van der Waals surface area contributed by atoms with E-state index in [1.54, 1.807) is 6.07 Å². The minimum Gasteiger partial charge on any atom is -0.442 e. The van der Waals surface area contributed by atoms with Crippen molar-refractivity contribution in [2.24, 2.45) is 0 Å². The van der Waals surface area contributed by atoms with Gasteiger partial charge in [0, 0.05) is 18.4 Å². The van der Waals surface area contributed by atoms with E-state index in [1.165, 1.54) is 0 Å². The Hall–Kier alpha value is -1.97. The Balaban J connectivity index is 2.10. The molecule has 0 aromatic heterocycles. The summed E-state index contributed by atoms with van der Waals surface area (Å²) in [6, 6.07) is 5.47. The van der Waals surface area contributed by atoms with E-state index >= 15 is 0 Å². The topological polar surface area (TPSA) is 60.4 Å². The second-order valence-corrected chi connectivity index (χ2v) is 4.89. The molecule has 0 amide bonds. The van der Waals surface area contributed by atoms with Gasteiger partial charge < -0.3 is 4.74 Å². The number of hydrogen-bond donors (Lipinski definition) is 0. The predicted molar refractivity (Wildman–Crippen MR) is 62.3 cm³/mol. The molecule has 1 saturated heterocycles. The van der Waals surface area contributed by atoms with E-state index in [9.17, 15) is 14.4 Å². The number of carbonyl (C=O) groups excluding carboxylic acids is 3. The van der Waals surface area contributed by atoms with Crippen LogP contribution in [0.15, 0.2) is 18.2 Å². The number of carbonyl (C=O) groups is 3. The first kappa shape index (κ1) is 11.1. The van der Waals surface area contributed by atoms with E-state index in [2.05, 4.69) is 0 Å². The van der Waals surface area contributed by atoms with E-state index in [-0.39, 0.29) is 30.8 Å². The minimum atomic E-state index is -1.56. The fourth-order valence-corrected chi connectivity index (χ4v) is 2.65. The van der Waals surface area contributed by atoms with Gasteiger partial charge in [-0.1, -0.05) is 17.7 Å². The summed E-state index contributed by atoms with van der Waals surface area (Å²) in [5, 5.41) is 0. The van der Waals surface area contributed by atoms with Crippen molar-refractivity contribution in [3.05, 3.63) is 34.9 Å². The van der Waals surface area contributed by atoms with Gasteiger partial charge in [0.2, 0.25) is 11.4 Å². The number of ketones is 2. The van der Waals surface area contributed by atoms with Gasteiger partial charge in [0.25, 0.3) is 0 Å². The number of ether oxygens (including phenoxy) is 1. The van der Waals surface area contributed by atoms with Crippen LogP contribution in [0.5, 0.6) is 0 Å². The summed E-state index contributed by atoms with van der Waals surface area (Å²) in [5.41, 5.74) is 0.686. The number of esters is 1. The zero-order chi connectivity index (χ0) is 12.9. The van der Waals surface area contributed by atoms with Crippen LogP contribution < -0.4 is 0 Å². The summed E-state index contributed by atoms with van der Waals surface area (Å²) < 4.78 is 5.14. The predicted octanol–water partition coefficient (Wildman–Crippen LogP) is 1.38. The highest BCUT2D eigenvalue weighted by molar-refractivity contribution is 6.22. The molecule has 1 atom stereocenters. The maximum atomic E-state index is 12.4. The molecule has 0 saturated carbocycles. The Labute approximate surface area is 104 Å². The second kappa shape index (κ2) is 3.51. The van der Waals surface area contributed by atoms with Gasteiger partial charge in [-0.3, -0.25) is 14.4 Å². The standard InChI is InChI=1S/C14H12O4/c1-8-2-3-9-7-14(13(17)10(9)6-8)11(15)4-5-12(16)18-14/h2-3,6H,4-5,7H2,1H3/t14-/m0/s1. The van der Waals surface area contributed by atoms with Crippen molar-refractivity contribution in [1.29, 1.82) is 0 Å². The minimum absolute atomic E-state index is 0.0727. The number of fused-ring (bicyclic) bond motifs is 1. The Morgan fingerprint density at radius 2 is 1.94 bits per heavy atom. The molecule has 3 rings (SSSR count). The van der Waals surface area contributed by atoms with Crippen LogP contribution in [0, 0.1) is 6.92 Å². The van der Waals surface area contributed by atoms with Crippen LogP contribution in [0.4, 0.5) is 0 Å². The van der Waals surface area contributed by atoms with E-state index in [0.29, 0.717) is 5.56 Å². The second-order valence-electron chi connectivity index (χ2n) is 4.89. The summed E-state index contributed by atoms with van der Waals surface area (Å²) in [6.45, 7) is 1.88. The third-order valence-electron chi connectivity index (χ3n) is 3.61. The van der Waals surface area contributed by atoms with Gasteiger partial charge in [0.15, 0.2) is 5.78 Å². The monoisotopic (exact) mass is 244 g/mol. The van der Waals surface area contributed by atoms with Gasteiger partial charge in [-0.25, -0.2) is 0 Å². The maximum Gasteiger partial charge on any atom is 0.307 e. The highest BCUT2D eigenvalue weighted by Crippen LogP contribution is 2.37. The Morgan fingerprint density at radius 3 is 2.72 bits per heavy atom. The molecule has 1 aromatic rings. The maximum absolute atomic E-state index is 12.4. The van der Waals surface area contributed by atoms with Gasteiger partial charge in [-0.05, 0) is 18.6 Å². The summed E-state index contributed by atoms with van der Waals surface area (Å²) >= 11 is 0. The molecule has 1 fully saturated rings. The lowest BCUT2D eigenvalue weighted by molar-refractivity contribution is -0.168. The van der Waals surface area contributed by atoms with Crippen molar-refractivity contribution in [3.63, 3.8) is 0 Å². The van der Waals surface area contributed by atoms with Crippen molar-refractivity contribution in [1.82, 2.24) is 0 Å². The molecule has 0 unspecified atom stereocenters. The average Bonchev–Trinajstić information content (AvgIpc) is 2.60. The van der Waals surface area contributed by atoms with Gasteiger partial charge in [-0.15, -0.1) is 0 Å². The molecule has 2 aliphatic rings. The quantitative estimate of drug-likeness (QED) is 0.511. The van der Waals surface area contributed by atoms with Crippen LogP contribution in [-0.4, -0.2) is 23.1 Å². The molecule has 1 aliphatic carbocycles. The number of aryl methyl sites for hydroxylation is 1. The number of rotatable bonds is 0. The lowest BCUT2D eigenvalue weighted by Gasteiger charge is -2.29. The Bertz CT molecular complexity index is 587. The number of benzene rings is 1. The zero-order valence-electron chi connectivity index (χ0n) is 9.99. The molecule has 1 aromatic carbocycles. The molecule has 92 valence electrons. The highest BCUT2D eigenvalue weighted by atomic mass is 16.6. The average molecular weight is 244 g/mol. The molecular formula is C14H12O4. The lowest BCUT2D eigenvalue weighted by Crippen LogP contribution is -2.51. The first-order valence-corrected chi connectivity index (χ1v) is 5.92. The van der Waals surface area contributed by atoms with E-state index in [1.807, 2.05) is 19.1 Å². The fraction of sp³-hybridized carbons (Fsp3) is 0.357. The molecule has 4 nitrogen and oxygen atoms in total. The van der Waals surface area contributed by atoms with Gasteiger partial charge in [-0.2, -0.15) is 0 Å². The van der Waals surface area contributed by atoms with E-state index < -0.39 is 11.6 Å². The Morgan fingerprint density at radius 1 is 1.17 bits per heavy atom. The summed E-state index contributed by atoms with van der Waals surface area (Å²) in [7, 11) is 0. The molecular weight excluding hydrogens is 232 g/mol. The third-order valence-corrected chi connectivity index (χ3v) is 3.61. The SMILES string of the molecule is Cc1ccc2c(c1)C(=O)[C@@]1(C2)OC(=O)CCC1=O. The van der Waals surface area contributed by atoms with Gasteiger partial charge in [0.1, 0.15) is 0 Å². The summed E-state index contributed by atoms with van der Waals surface area (Å²) in [4.78, 5) is 35.8. The van der Waals surface area contributed by atoms with E-state index in [0.717, 1.165) is 11.1 Å². The first-order valence-electron chi connectivity index (χ1n) is 5.92. The van der Waals surface area contributed by atoms with Crippen molar-refractivity contribution >= 4 is 17.5 Å². The smallest absolute Gasteiger partial charge is 0.307 e. The number of Topliss-reactive ketones (excluding diaryl/α,β-unsaturated/α-hetero) is 2. The fourth-order valence-electron chi connectivity index (χ4n) is 2.65. The molecule has 0 N–H and O–H groups in total. The highest BCUT2D eigenvalue weighted by Gasteiger charge is 2.56. The van der Waals surface area contributed by atoms with Gasteiger partial charge in [0.05, 0.1) is 6.42 Å². The van der Waals surface area contributed by atoms with Crippen molar-refractivity contribution in [2.45, 2.75) is 31.8 Å². The molecule has 18 heavy (non-hydrogen) atoms. The molecule has 1 spiro atoms. The number of hydrogen-bond acceptors (Lipinski definition) is 4. The molecule has 0 radical (unpaired) electrons.